The molecular weight excluding hydrogens is 180 g/mol. The van der Waals surface area contributed by atoms with Crippen molar-refractivity contribution in [1.82, 2.24) is 4.98 Å². The fourth-order valence-electron chi connectivity index (χ4n) is 2.00. The van der Waals surface area contributed by atoms with Crippen LogP contribution in [0.3, 0.4) is 0 Å². The third-order valence-electron chi connectivity index (χ3n) is 2.61. The largest absolute Gasteiger partial charge is 0.349 e. The second-order valence-electron chi connectivity index (χ2n) is 3.38. The maximum Gasteiger partial charge on any atom is 0.121 e. The minimum absolute atomic E-state index is 0.598. The van der Waals surface area contributed by atoms with Crippen molar-refractivity contribution < 1.29 is 0 Å². The first-order chi connectivity index (χ1) is 6.24. The summed E-state index contributed by atoms with van der Waals surface area (Å²) >= 11 is 5.10. The molecule has 0 saturated carbocycles. The molecular formula is C10H10N2S. The predicted molar refractivity (Wildman–Crippen MR) is 53.1 cm³/mol. The second-order valence-corrected chi connectivity index (χ2v) is 3.78. The molecule has 2 rings (SSSR count). The summed E-state index contributed by atoms with van der Waals surface area (Å²) in [4.78, 5) is 3.08. The summed E-state index contributed by atoms with van der Waals surface area (Å²) in [5, 5.41) is 8.94. The Hall–Kier alpha value is -1.14. The number of aryl methyl sites for hydroxylation is 1. The third kappa shape index (κ3) is 1.18. The molecule has 0 atom stereocenters. The molecule has 0 aromatic carbocycles. The average molecular weight is 190 g/mol. The molecule has 0 saturated heterocycles. The molecule has 1 aliphatic carbocycles. The van der Waals surface area contributed by atoms with Gasteiger partial charge in [0.25, 0.3) is 0 Å². The first kappa shape index (κ1) is 8.46. The van der Waals surface area contributed by atoms with Crippen LogP contribution in [0.4, 0.5) is 0 Å². The lowest BCUT2D eigenvalue weighted by Crippen LogP contribution is -1.97. The lowest BCUT2D eigenvalue weighted by molar-refractivity contribution is 0.906. The number of hydrogen-bond acceptors (Lipinski definition) is 2. The number of rotatable bonds is 0. The molecule has 0 unspecified atom stereocenters. The molecule has 1 aromatic heterocycles. The number of nitriles is 1. The van der Waals surface area contributed by atoms with Gasteiger partial charge in [-0.15, -0.1) is 0 Å². The molecule has 1 heterocycles. The molecule has 1 aromatic rings. The highest BCUT2D eigenvalue weighted by Crippen LogP contribution is 2.27. The Bertz CT molecular complexity index is 451. The molecule has 1 aliphatic rings. The summed E-state index contributed by atoms with van der Waals surface area (Å²) in [5.41, 5.74) is 4.32. The minimum Gasteiger partial charge on any atom is -0.349 e. The van der Waals surface area contributed by atoms with Crippen LogP contribution in [0.15, 0.2) is 0 Å². The Morgan fingerprint density at radius 1 is 1.38 bits per heavy atom. The van der Waals surface area contributed by atoms with Gasteiger partial charge in [0.2, 0.25) is 0 Å². The number of nitrogens with one attached hydrogen (secondary N) is 1. The molecule has 0 spiro atoms. The van der Waals surface area contributed by atoms with Gasteiger partial charge in [0, 0.05) is 5.69 Å². The van der Waals surface area contributed by atoms with E-state index in [1.165, 1.54) is 11.1 Å². The number of H-pyrrole nitrogens is 1. The normalized spacial score (nSPS) is 13.8. The smallest absolute Gasteiger partial charge is 0.121 e. The van der Waals surface area contributed by atoms with E-state index in [2.05, 4.69) is 11.1 Å². The van der Waals surface area contributed by atoms with Gasteiger partial charge in [-0.25, -0.2) is 0 Å². The van der Waals surface area contributed by atoms with E-state index in [4.69, 9.17) is 17.5 Å². The van der Waals surface area contributed by atoms with Crippen LogP contribution in [-0.4, -0.2) is 4.98 Å². The Morgan fingerprint density at radius 2 is 2.08 bits per heavy atom. The number of nitrogens with zero attached hydrogens (tertiary/aromatic N) is 1. The van der Waals surface area contributed by atoms with Gasteiger partial charge in [0.05, 0.1) is 5.56 Å². The molecule has 66 valence electrons. The van der Waals surface area contributed by atoms with E-state index in [1.807, 2.05) is 6.92 Å². The van der Waals surface area contributed by atoms with Gasteiger partial charge in [-0.2, -0.15) is 5.26 Å². The Kier molecular flexibility index (Phi) is 1.93. The average Bonchev–Trinajstić information content (AvgIpc) is 2.53. The highest BCUT2D eigenvalue weighted by molar-refractivity contribution is 7.71. The van der Waals surface area contributed by atoms with E-state index in [-0.39, 0.29) is 0 Å². The molecule has 0 fully saturated rings. The zero-order valence-corrected chi connectivity index (χ0v) is 8.29. The molecule has 0 radical (unpaired) electrons. The SMILES string of the molecule is Cc1[nH]c(=S)c(C#N)c2c1CCC2. The molecule has 13 heavy (non-hydrogen) atoms. The van der Waals surface area contributed by atoms with Crippen molar-refractivity contribution >= 4 is 12.2 Å². The van der Waals surface area contributed by atoms with Crippen LogP contribution < -0.4 is 0 Å². The first-order valence-corrected chi connectivity index (χ1v) is 4.79. The fourth-order valence-corrected chi connectivity index (χ4v) is 2.32. The quantitative estimate of drug-likeness (QED) is 0.638. The fraction of sp³-hybridized carbons (Fsp3) is 0.400. The van der Waals surface area contributed by atoms with Crippen LogP contribution in [0, 0.1) is 22.9 Å². The number of pyridine rings is 1. The monoisotopic (exact) mass is 190 g/mol. The molecule has 0 aliphatic heterocycles. The van der Waals surface area contributed by atoms with E-state index < -0.39 is 0 Å². The summed E-state index contributed by atoms with van der Waals surface area (Å²) in [6, 6.07) is 2.19. The van der Waals surface area contributed by atoms with Crippen molar-refractivity contribution in [2.24, 2.45) is 0 Å². The van der Waals surface area contributed by atoms with Crippen molar-refractivity contribution in [2.45, 2.75) is 26.2 Å². The van der Waals surface area contributed by atoms with Crippen LogP contribution in [0.5, 0.6) is 0 Å². The Balaban J connectivity index is 2.82. The van der Waals surface area contributed by atoms with Gasteiger partial charge in [-0.3, -0.25) is 0 Å². The Morgan fingerprint density at radius 3 is 2.77 bits per heavy atom. The molecule has 2 nitrogen and oxygen atoms in total. The van der Waals surface area contributed by atoms with Gasteiger partial charge in [-0.1, -0.05) is 12.2 Å². The van der Waals surface area contributed by atoms with Crippen molar-refractivity contribution in [3.8, 4) is 6.07 Å². The van der Waals surface area contributed by atoms with Crippen LogP contribution in [0.2, 0.25) is 0 Å². The summed E-state index contributed by atoms with van der Waals surface area (Å²) in [7, 11) is 0. The van der Waals surface area contributed by atoms with Gasteiger partial charge >= 0.3 is 0 Å². The van der Waals surface area contributed by atoms with Crippen molar-refractivity contribution in [2.75, 3.05) is 0 Å². The van der Waals surface area contributed by atoms with E-state index in [0.717, 1.165) is 25.0 Å². The maximum atomic E-state index is 8.94. The van der Waals surface area contributed by atoms with E-state index >= 15 is 0 Å². The topological polar surface area (TPSA) is 39.6 Å². The summed E-state index contributed by atoms with van der Waals surface area (Å²) < 4.78 is 0.598. The van der Waals surface area contributed by atoms with E-state index in [9.17, 15) is 0 Å². The number of hydrogen-bond donors (Lipinski definition) is 1. The number of aromatic nitrogens is 1. The minimum atomic E-state index is 0.598. The van der Waals surface area contributed by atoms with Crippen molar-refractivity contribution in [3.05, 3.63) is 27.0 Å². The molecule has 0 amide bonds. The molecule has 1 N–H and O–H groups in total. The van der Waals surface area contributed by atoms with E-state index in [1.54, 1.807) is 0 Å². The lowest BCUT2D eigenvalue weighted by atomic mass is 10.1. The zero-order chi connectivity index (χ0) is 9.42. The lowest BCUT2D eigenvalue weighted by Gasteiger charge is -2.05. The van der Waals surface area contributed by atoms with Crippen LogP contribution in [-0.2, 0) is 12.8 Å². The standard InChI is InChI=1S/C10H10N2S/c1-6-7-3-2-4-8(7)9(5-11)10(13)12-6/h2-4H2,1H3,(H,12,13). The highest BCUT2D eigenvalue weighted by atomic mass is 32.1. The summed E-state index contributed by atoms with van der Waals surface area (Å²) in [6.07, 6.45) is 3.25. The molecule has 0 bridgehead atoms. The zero-order valence-electron chi connectivity index (χ0n) is 7.48. The van der Waals surface area contributed by atoms with Gasteiger partial charge in [0.1, 0.15) is 10.7 Å². The van der Waals surface area contributed by atoms with Crippen LogP contribution in [0.25, 0.3) is 0 Å². The van der Waals surface area contributed by atoms with Crippen molar-refractivity contribution in [3.63, 3.8) is 0 Å². The van der Waals surface area contributed by atoms with Crippen LogP contribution >= 0.6 is 12.2 Å². The number of fused-ring (bicyclic) bond motifs is 1. The van der Waals surface area contributed by atoms with Gasteiger partial charge < -0.3 is 4.98 Å². The van der Waals surface area contributed by atoms with Crippen molar-refractivity contribution in [1.29, 1.82) is 5.26 Å². The van der Waals surface area contributed by atoms with Gasteiger partial charge in [-0.05, 0) is 37.3 Å². The van der Waals surface area contributed by atoms with Crippen LogP contribution in [0.1, 0.15) is 28.8 Å². The second kappa shape index (κ2) is 2.97. The summed E-state index contributed by atoms with van der Waals surface area (Å²) in [5.74, 6) is 0. The Labute approximate surface area is 82.2 Å². The van der Waals surface area contributed by atoms with Gasteiger partial charge in [0.15, 0.2) is 0 Å². The summed E-state index contributed by atoms with van der Waals surface area (Å²) in [6.45, 7) is 2.03. The third-order valence-corrected chi connectivity index (χ3v) is 2.92. The predicted octanol–water partition coefficient (Wildman–Crippen LogP) is 2.41. The highest BCUT2D eigenvalue weighted by Gasteiger charge is 2.18. The maximum absolute atomic E-state index is 8.94. The molecule has 3 heteroatoms. The van der Waals surface area contributed by atoms with E-state index in [0.29, 0.717) is 10.2 Å². The number of aromatic amines is 1. The first-order valence-electron chi connectivity index (χ1n) is 4.38.